The Morgan fingerprint density at radius 3 is 2.80 bits per heavy atom. The van der Waals surface area contributed by atoms with E-state index in [9.17, 15) is 9.59 Å². The van der Waals surface area contributed by atoms with Gasteiger partial charge in [-0.25, -0.2) is 0 Å². The molecule has 2 N–H and O–H groups in total. The van der Waals surface area contributed by atoms with E-state index in [1.54, 1.807) is 24.4 Å². The van der Waals surface area contributed by atoms with Crippen molar-refractivity contribution >= 4 is 40.1 Å². The molecule has 25 heavy (non-hydrogen) atoms. The maximum absolute atomic E-state index is 12.0. The van der Waals surface area contributed by atoms with Crippen molar-refractivity contribution in [3.8, 4) is 0 Å². The number of aromatic amines is 1. The number of fused-ring (bicyclic) bond motifs is 1. The Kier molecular flexibility index (Phi) is 5.05. The number of hydrogen-bond acceptors (Lipinski definition) is 3. The number of nitrogens with one attached hydrogen (secondary N) is 2. The quantitative estimate of drug-likeness (QED) is 0.682. The number of aromatic nitrogens is 1. The molecule has 0 fully saturated rings. The summed E-state index contributed by atoms with van der Waals surface area (Å²) >= 11 is 5.88. The van der Waals surface area contributed by atoms with Gasteiger partial charge in [0, 0.05) is 27.8 Å². The van der Waals surface area contributed by atoms with Crippen LogP contribution < -0.4 is 5.32 Å². The maximum atomic E-state index is 12.0. The Morgan fingerprint density at radius 1 is 1.20 bits per heavy atom. The molecule has 3 aromatic rings. The zero-order chi connectivity index (χ0) is 17.8. The highest BCUT2D eigenvalue weighted by molar-refractivity contribution is 6.30. The van der Waals surface area contributed by atoms with Crippen LogP contribution in [0.15, 0.2) is 48.7 Å². The summed E-state index contributed by atoms with van der Waals surface area (Å²) in [5.41, 5.74) is 3.28. The van der Waals surface area contributed by atoms with Crippen molar-refractivity contribution < 1.29 is 14.3 Å². The first-order valence-electron chi connectivity index (χ1n) is 7.79. The molecule has 3 rings (SSSR count). The van der Waals surface area contributed by atoms with Gasteiger partial charge in [0.1, 0.15) is 0 Å². The third-order valence-electron chi connectivity index (χ3n) is 3.84. The number of benzene rings is 2. The second-order valence-electron chi connectivity index (χ2n) is 5.70. The Balaban J connectivity index is 1.54. The zero-order valence-electron chi connectivity index (χ0n) is 13.6. The van der Waals surface area contributed by atoms with E-state index in [2.05, 4.69) is 10.3 Å². The molecule has 0 aliphatic heterocycles. The van der Waals surface area contributed by atoms with Crippen molar-refractivity contribution in [1.29, 1.82) is 0 Å². The van der Waals surface area contributed by atoms with Gasteiger partial charge in [0.2, 0.25) is 0 Å². The van der Waals surface area contributed by atoms with Gasteiger partial charge in [-0.3, -0.25) is 9.59 Å². The lowest BCUT2D eigenvalue weighted by Gasteiger charge is -2.09. The van der Waals surface area contributed by atoms with Gasteiger partial charge in [-0.1, -0.05) is 29.8 Å². The zero-order valence-corrected chi connectivity index (χ0v) is 14.4. The van der Waals surface area contributed by atoms with E-state index >= 15 is 0 Å². The molecule has 0 radical (unpaired) electrons. The van der Waals surface area contributed by atoms with Crippen LogP contribution in [-0.4, -0.2) is 23.5 Å². The molecular weight excluding hydrogens is 340 g/mol. The first kappa shape index (κ1) is 17.0. The lowest BCUT2D eigenvalue weighted by atomic mass is 10.1. The van der Waals surface area contributed by atoms with Gasteiger partial charge in [-0.2, -0.15) is 0 Å². The second kappa shape index (κ2) is 7.40. The van der Waals surface area contributed by atoms with E-state index in [1.807, 2.05) is 31.2 Å². The van der Waals surface area contributed by atoms with Crippen molar-refractivity contribution in [2.75, 3.05) is 11.9 Å². The Hall–Kier alpha value is -2.79. The van der Waals surface area contributed by atoms with Crippen LogP contribution in [0.5, 0.6) is 0 Å². The minimum Gasteiger partial charge on any atom is -0.455 e. The van der Waals surface area contributed by atoms with Crippen LogP contribution in [0.1, 0.15) is 11.1 Å². The fourth-order valence-electron chi connectivity index (χ4n) is 2.58. The first-order valence-corrected chi connectivity index (χ1v) is 8.17. The summed E-state index contributed by atoms with van der Waals surface area (Å²) in [6, 6.07) is 12.9. The lowest BCUT2D eigenvalue weighted by molar-refractivity contribution is -0.146. The summed E-state index contributed by atoms with van der Waals surface area (Å²) in [6.45, 7) is 1.51. The third kappa shape index (κ3) is 4.19. The van der Waals surface area contributed by atoms with Crippen molar-refractivity contribution in [2.45, 2.75) is 13.3 Å². The molecule has 0 aliphatic rings. The van der Waals surface area contributed by atoms with E-state index in [1.165, 1.54) is 0 Å². The Bertz CT molecular complexity index is 933. The summed E-state index contributed by atoms with van der Waals surface area (Å²) in [6.07, 6.45) is 1.89. The number of carbonyl (C=O) groups excluding carboxylic acids is 2. The van der Waals surface area contributed by atoms with E-state index < -0.39 is 11.9 Å². The topological polar surface area (TPSA) is 71.2 Å². The van der Waals surface area contributed by atoms with E-state index in [0.29, 0.717) is 10.7 Å². The average molecular weight is 357 g/mol. The number of esters is 1. The molecule has 0 bridgehead atoms. The summed E-state index contributed by atoms with van der Waals surface area (Å²) in [5, 5.41) is 4.27. The number of anilines is 1. The van der Waals surface area contributed by atoms with Crippen LogP contribution in [0.3, 0.4) is 0 Å². The van der Waals surface area contributed by atoms with Crippen LogP contribution >= 0.6 is 11.6 Å². The van der Waals surface area contributed by atoms with Gasteiger partial charge in [0.25, 0.3) is 5.91 Å². The predicted molar refractivity (Wildman–Crippen MR) is 97.8 cm³/mol. The van der Waals surface area contributed by atoms with Gasteiger partial charge < -0.3 is 15.0 Å². The first-order chi connectivity index (χ1) is 12.0. The summed E-state index contributed by atoms with van der Waals surface area (Å²) in [5.74, 6) is -0.842. The van der Waals surface area contributed by atoms with Gasteiger partial charge in [-0.05, 0) is 42.3 Å². The maximum Gasteiger partial charge on any atom is 0.310 e. The van der Waals surface area contributed by atoms with Crippen LogP contribution in [0, 0.1) is 6.92 Å². The SMILES string of the molecule is Cc1cc(Cl)ccc1NC(=O)COC(=O)Cc1c[nH]c2ccccc12. The fourth-order valence-corrected chi connectivity index (χ4v) is 2.81. The number of hydrogen-bond donors (Lipinski definition) is 2. The standard InChI is InChI=1S/C19H17ClN2O3/c1-12-8-14(20)6-7-16(12)22-18(23)11-25-19(24)9-13-10-21-17-5-3-2-4-15(13)17/h2-8,10,21H,9,11H2,1H3,(H,22,23). The highest BCUT2D eigenvalue weighted by Gasteiger charge is 2.12. The van der Waals surface area contributed by atoms with Crippen LogP contribution in [0.4, 0.5) is 5.69 Å². The lowest BCUT2D eigenvalue weighted by Crippen LogP contribution is -2.22. The number of aryl methyl sites for hydroxylation is 1. The molecule has 0 saturated heterocycles. The second-order valence-corrected chi connectivity index (χ2v) is 6.14. The molecular formula is C19H17ClN2O3. The number of ether oxygens (including phenoxy) is 1. The van der Waals surface area contributed by atoms with Gasteiger partial charge in [-0.15, -0.1) is 0 Å². The molecule has 1 amide bonds. The summed E-state index contributed by atoms with van der Waals surface area (Å²) in [4.78, 5) is 27.0. The molecule has 0 atom stereocenters. The Morgan fingerprint density at radius 2 is 2.00 bits per heavy atom. The smallest absolute Gasteiger partial charge is 0.310 e. The number of halogens is 1. The molecule has 6 heteroatoms. The number of H-pyrrole nitrogens is 1. The molecule has 0 aliphatic carbocycles. The highest BCUT2D eigenvalue weighted by Crippen LogP contribution is 2.20. The van der Waals surface area contributed by atoms with Crippen LogP contribution in [-0.2, 0) is 20.7 Å². The molecule has 2 aromatic carbocycles. The normalized spacial score (nSPS) is 10.6. The van der Waals surface area contributed by atoms with Gasteiger partial charge >= 0.3 is 5.97 Å². The molecule has 1 heterocycles. The van der Waals surface area contributed by atoms with Crippen LogP contribution in [0.25, 0.3) is 10.9 Å². The van der Waals surface area contributed by atoms with Crippen molar-refractivity contribution in [2.24, 2.45) is 0 Å². The van der Waals surface area contributed by atoms with E-state index in [4.69, 9.17) is 16.3 Å². The molecule has 0 unspecified atom stereocenters. The van der Waals surface area contributed by atoms with Crippen molar-refractivity contribution in [3.05, 3.63) is 64.8 Å². The molecule has 0 saturated carbocycles. The molecule has 1 aromatic heterocycles. The van der Waals surface area contributed by atoms with Gasteiger partial charge in [0.05, 0.1) is 6.42 Å². The third-order valence-corrected chi connectivity index (χ3v) is 4.07. The highest BCUT2D eigenvalue weighted by atomic mass is 35.5. The predicted octanol–water partition coefficient (Wildman–Crippen LogP) is 3.85. The Labute approximate surface area is 149 Å². The van der Waals surface area contributed by atoms with Crippen LogP contribution in [0.2, 0.25) is 5.02 Å². The van der Waals surface area contributed by atoms with E-state index in [-0.39, 0.29) is 13.0 Å². The summed E-state index contributed by atoms with van der Waals surface area (Å²) in [7, 11) is 0. The average Bonchev–Trinajstić information content (AvgIpc) is 2.99. The van der Waals surface area contributed by atoms with Crippen molar-refractivity contribution in [1.82, 2.24) is 4.98 Å². The number of rotatable bonds is 5. The molecule has 0 spiro atoms. The summed E-state index contributed by atoms with van der Waals surface area (Å²) < 4.78 is 5.07. The van der Waals surface area contributed by atoms with E-state index in [0.717, 1.165) is 22.0 Å². The molecule has 5 nitrogen and oxygen atoms in total. The minimum atomic E-state index is -0.451. The van der Waals surface area contributed by atoms with Crippen molar-refractivity contribution in [3.63, 3.8) is 0 Å². The monoisotopic (exact) mass is 356 g/mol. The largest absolute Gasteiger partial charge is 0.455 e. The minimum absolute atomic E-state index is 0.108. The molecule has 128 valence electrons. The number of carbonyl (C=O) groups is 2. The number of para-hydroxylation sites is 1. The number of amides is 1. The van der Waals surface area contributed by atoms with Gasteiger partial charge in [0.15, 0.2) is 6.61 Å². The fraction of sp³-hybridized carbons (Fsp3) is 0.158.